The van der Waals surface area contributed by atoms with Crippen LogP contribution in [0.2, 0.25) is 0 Å². The number of non-ortho nitro benzene ring substituents is 1. The van der Waals surface area contributed by atoms with Gasteiger partial charge < -0.3 is 10.6 Å². The molecular formula is C20H15N3O3S. The molecule has 6 nitrogen and oxygen atoms in total. The Morgan fingerprint density at radius 2 is 1.59 bits per heavy atom. The molecule has 2 N–H and O–H groups in total. The fourth-order valence-electron chi connectivity index (χ4n) is 2.52. The summed E-state index contributed by atoms with van der Waals surface area (Å²) in [5.74, 6) is -0.128. The van der Waals surface area contributed by atoms with E-state index in [0.29, 0.717) is 22.5 Å². The van der Waals surface area contributed by atoms with Crippen LogP contribution in [0.4, 0.5) is 17.1 Å². The molecule has 0 saturated carbocycles. The number of ketones is 1. The third kappa shape index (κ3) is 4.53. The summed E-state index contributed by atoms with van der Waals surface area (Å²) in [4.78, 5) is 23.1. The van der Waals surface area contributed by atoms with Crippen LogP contribution < -0.4 is 10.6 Å². The van der Waals surface area contributed by atoms with Crippen LogP contribution in [0.1, 0.15) is 15.9 Å². The normalized spacial score (nSPS) is 10.1. The lowest BCUT2D eigenvalue weighted by atomic mass is 10.0. The van der Waals surface area contributed by atoms with Crippen molar-refractivity contribution in [1.29, 1.82) is 0 Å². The predicted molar refractivity (Wildman–Crippen MR) is 109 cm³/mol. The monoisotopic (exact) mass is 377 g/mol. The molecule has 0 amide bonds. The first-order valence-electron chi connectivity index (χ1n) is 8.06. The highest BCUT2D eigenvalue weighted by Gasteiger charge is 2.14. The molecule has 0 aliphatic heterocycles. The molecule has 0 aromatic heterocycles. The van der Waals surface area contributed by atoms with Crippen LogP contribution in [0.3, 0.4) is 0 Å². The quantitative estimate of drug-likeness (QED) is 0.292. The molecule has 3 rings (SSSR count). The van der Waals surface area contributed by atoms with E-state index in [1.807, 2.05) is 6.07 Å². The Labute approximate surface area is 161 Å². The van der Waals surface area contributed by atoms with Gasteiger partial charge in [0.2, 0.25) is 0 Å². The second kappa shape index (κ2) is 8.20. The average molecular weight is 377 g/mol. The minimum Gasteiger partial charge on any atom is -0.332 e. The van der Waals surface area contributed by atoms with Gasteiger partial charge in [-0.1, -0.05) is 48.5 Å². The molecule has 0 fully saturated rings. The Morgan fingerprint density at radius 1 is 0.889 bits per heavy atom. The third-order valence-corrected chi connectivity index (χ3v) is 3.97. The number of thiocarbonyl (C=S) groups is 1. The summed E-state index contributed by atoms with van der Waals surface area (Å²) in [6.07, 6.45) is 0. The molecule has 3 aromatic carbocycles. The summed E-state index contributed by atoms with van der Waals surface area (Å²) in [6, 6.07) is 22.0. The van der Waals surface area contributed by atoms with Crippen LogP contribution in [0.15, 0.2) is 78.9 Å². The van der Waals surface area contributed by atoms with E-state index in [9.17, 15) is 14.9 Å². The fraction of sp³-hybridized carbons (Fsp3) is 0. The molecule has 0 spiro atoms. The van der Waals surface area contributed by atoms with Gasteiger partial charge in [-0.15, -0.1) is 0 Å². The van der Waals surface area contributed by atoms with Crippen LogP contribution in [-0.4, -0.2) is 15.8 Å². The number of carbonyl (C=O) groups excluding carboxylic acids is 1. The standard InChI is InChI=1S/C20H15N3O3S/c24-19(14-7-2-1-3-8-14)17-11-4-5-12-18(17)22-20(27)21-15-9-6-10-16(13-15)23(25)26/h1-13H,(H2,21,22,27). The Hall–Kier alpha value is -3.58. The lowest BCUT2D eigenvalue weighted by Gasteiger charge is -2.13. The van der Waals surface area contributed by atoms with E-state index in [1.54, 1.807) is 60.7 Å². The van der Waals surface area contributed by atoms with Gasteiger partial charge in [0, 0.05) is 28.9 Å². The van der Waals surface area contributed by atoms with Crippen molar-refractivity contribution in [2.45, 2.75) is 0 Å². The van der Waals surface area contributed by atoms with Gasteiger partial charge in [-0.3, -0.25) is 14.9 Å². The second-order valence-electron chi connectivity index (χ2n) is 5.63. The van der Waals surface area contributed by atoms with Crippen molar-refractivity contribution in [3.05, 3.63) is 100 Å². The maximum absolute atomic E-state index is 12.7. The van der Waals surface area contributed by atoms with Crippen molar-refractivity contribution in [3.63, 3.8) is 0 Å². The second-order valence-corrected chi connectivity index (χ2v) is 6.04. The molecule has 0 aliphatic carbocycles. The fourth-order valence-corrected chi connectivity index (χ4v) is 2.74. The maximum Gasteiger partial charge on any atom is 0.271 e. The zero-order valence-corrected chi connectivity index (χ0v) is 14.9. The summed E-state index contributed by atoms with van der Waals surface area (Å²) < 4.78 is 0. The minimum atomic E-state index is -0.477. The highest BCUT2D eigenvalue weighted by Crippen LogP contribution is 2.21. The van der Waals surface area contributed by atoms with Crippen molar-refractivity contribution in [2.75, 3.05) is 10.6 Å². The van der Waals surface area contributed by atoms with Gasteiger partial charge >= 0.3 is 0 Å². The van der Waals surface area contributed by atoms with Gasteiger partial charge in [-0.25, -0.2) is 0 Å². The zero-order chi connectivity index (χ0) is 19.2. The van der Waals surface area contributed by atoms with Crippen LogP contribution in [0, 0.1) is 10.1 Å². The summed E-state index contributed by atoms with van der Waals surface area (Å²) in [6.45, 7) is 0. The number of nitro groups is 1. The summed E-state index contributed by atoms with van der Waals surface area (Å²) in [5, 5.41) is 17.0. The van der Waals surface area contributed by atoms with E-state index in [0.717, 1.165) is 0 Å². The molecule has 134 valence electrons. The van der Waals surface area contributed by atoms with Crippen molar-refractivity contribution in [2.24, 2.45) is 0 Å². The SMILES string of the molecule is O=C(c1ccccc1)c1ccccc1NC(=S)Nc1cccc([N+](=O)[O-])c1. The van der Waals surface area contributed by atoms with Crippen LogP contribution in [-0.2, 0) is 0 Å². The molecule has 0 heterocycles. The molecule has 0 atom stereocenters. The zero-order valence-electron chi connectivity index (χ0n) is 14.1. The molecule has 0 radical (unpaired) electrons. The molecule has 0 aliphatic rings. The van der Waals surface area contributed by atoms with Crippen molar-refractivity contribution in [3.8, 4) is 0 Å². The number of carbonyl (C=O) groups is 1. The number of benzene rings is 3. The number of nitrogens with one attached hydrogen (secondary N) is 2. The van der Waals surface area contributed by atoms with Gasteiger partial charge in [-0.2, -0.15) is 0 Å². The van der Waals surface area contributed by atoms with E-state index in [2.05, 4.69) is 10.6 Å². The molecule has 0 unspecified atom stereocenters. The number of hydrogen-bond acceptors (Lipinski definition) is 4. The van der Waals surface area contributed by atoms with Gasteiger partial charge in [0.1, 0.15) is 0 Å². The number of nitro benzene ring substituents is 1. The first-order valence-corrected chi connectivity index (χ1v) is 8.46. The number of nitrogens with zero attached hydrogens (tertiary/aromatic N) is 1. The van der Waals surface area contributed by atoms with E-state index in [-0.39, 0.29) is 16.6 Å². The Kier molecular flexibility index (Phi) is 5.53. The summed E-state index contributed by atoms with van der Waals surface area (Å²) in [5.41, 5.74) is 2.04. The van der Waals surface area contributed by atoms with E-state index in [4.69, 9.17) is 12.2 Å². The van der Waals surface area contributed by atoms with Crippen molar-refractivity contribution >= 4 is 40.2 Å². The molecule has 3 aromatic rings. The Balaban J connectivity index is 1.78. The van der Waals surface area contributed by atoms with Gasteiger partial charge in [0.05, 0.1) is 10.6 Å². The van der Waals surface area contributed by atoms with Gasteiger partial charge in [0.15, 0.2) is 10.9 Å². The van der Waals surface area contributed by atoms with Crippen LogP contribution in [0.25, 0.3) is 0 Å². The van der Waals surface area contributed by atoms with E-state index in [1.165, 1.54) is 12.1 Å². The van der Waals surface area contributed by atoms with Crippen LogP contribution >= 0.6 is 12.2 Å². The number of anilines is 2. The number of para-hydroxylation sites is 1. The average Bonchev–Trinajstić information content (AvgIpc) is 2.68. The molecule has 27 heavy (non-hydrogen) atoms. The molecule has 0 bridgehead atoms. The first kappa shape index (κ1) is 18.2. The largest absolute Gasteiger partial charge is 0.332 e. The van der Waals surface area contributed by atoms with Gasteiger partial charge in [-0.05, 0) is 30.4 Å². The molecule has 7 heteroatoms. The van der Waals surface area contributed by atoms with Crippen LogP contribution in [0.5, 0.6) is 0 Å². The minimum absolute atomic E-state index is 0.0394. The van der Waals surface area contributed by atoms with Crippen molar-refractivity contribution < 1.29 is 9.72 Å². The molecule has 0 saturated heterocycles. The third-order valence-electron chi connectivity index (χ3n) is 3.77. The summed E-state index contributed by atoms with van der Waals surface area (Å²) in [7, 11) is 0. The smallest absolute Gasteiger partial charge is 0.271 e. The lowest BCUT2D eigenvalue weighted by Crippen LogP contribution is -2.20. The van der Waals surface area contributed by atoms with E-state index < -0.39 is 4.92 Å². The topological polar surface area (TPSA) is 84.3 Å². The highest BCUT2D eigenvalue weighted by atomic mass is 32.1. The highest BCUT2D eigenvalue weighted by molar-refractivity contribution is 7.80. The Morgan fingerprint density at radius 3 is 2.33 bits per heavy atom. The Bertz CT molecular complexity index is 1010. The maximum atomic E-state index is 12.7. The summed E-state index contributed by atoms with van der Waals surface area (Å²) >= 11 is 5.29. The lowest BCUT2D eigenvalue weighted by molar-refractivity contribution is -0.384. The van der Waals surface area contributed by atoms with Crippen molar-refractivity contribution in [1.82, 2.24) is 0 Å². The van der Waals surface area contributed by atoms with E-state index >= 15 is 0 Å². The first-order chi connectivity index (χ1) is 13.0. The predicted octanol–water partition coefficient (Wildman–Crippen LogP) is 4.63. The molecular weight excluding hydrogens is 362 g/mol. The van der Waals surface area contributed by atoms with Gasteiger partial charge in [0.25, 0.3) is 5.69 Å². The number of hydrogen-bond donors (Lipinski definition) is 2. The number of rotatable bonds is 5.